The maximum absolute atomic E-state index is 11.4. The Morgan fingerprint density at radius 1 is 1.56 bits per heavy atom. The molecule has 1 aromatic rings. The van der Waals surface area contributed by atoms with Gasteiger partial charge in [0.25, 0.3) is 5.78 Å². The van der Waals surface area contributed by atoms with Gasteiger partial charge in [0.05, 0.1) is 13.4 Å². The lowest BCUT2D eigenvalue weighted by Gasteiger charge is -1.94. The minimum atomic E-state index is -0.952. The van der Waals surface area contributed by atoms with Crippen molar-refractivity contribution in [3.05, 3.63) is 29.7 Å². The standard InChI is InChI=1S/C10H10N2O4/c1-15-10(14)9(12-11)8(13)5-4-7-3-2-6-16-7/h2-3,6H,4-5H2,1H3. The molecule has 1 heterocycles. The Morgan fingerprint density at radius 2 is 2.31 bits per heavy atom. The van der Waals surface area contributed by atoms with E-state index in [1.54, 1.807) is 12.1 Å². The Kier molecular flexibility index (Phi) is 4.17. The first-order valence-corrected chi connectivity index (χ1v) is 4.55. The van der Waals surface area contributed by atoms with Crippen molar-refractivity contribution >= 4 is 17.5 Å². The van der Waals surface area contributed by atoms with Gasteiger partial charge in [-0.25, -0.2) is 4.79 Å². The van der Waals surface area contributed by atoms with Crippen LogP contribution >= 0.6 is 0 Å². The number of hydrogen-bond acceptors (Lipinski definition) is 4. The number of Topliss-reactive ketones (excluding diaryl/α,β-unsaturated/α-hetero) is 1. The van der Waals surface area contributed by atoms with Crippen molar-refractivity contribution in [3.8, 4) is 0 Å². The molecule has 0 saturated heterocycles. The van der Waals surface area contributed by atoms with Gasteiger partial charge in [-0.15, -0.1) is 0 Å². The predicted molar refractivity (Wildman–Crippen MR) is 52.7 cm³/mol. The van der Waals surface area contributed by atoms with E-state index in [1.807, 2.05) is 0 Å². The van der Waals surface area contributed by atoms with Crippen LogP contribution in [0.25, 0.3) is 5.53 Å². The van der Waals surface area contributed by atoms with Crippen LogP contribution in [0.1, 0.15) is 12.2 Å². The lowest BCUT2D eigenvalue weighted by atomic mass is 10.1. The number of ketones is 1. The monoisotopic (exact) mass is 222 g/mol. The Morgan fingerprint density at radius 3 is 2.81 bits per heavy atom. The van der Waals surface area contributed by atoms with E-state index in [0.717, 1.165) is 7.11 Å². The van der Waals surface area contributed by atoms with E-state index in [1.165, 1.54) is 6.26 Å². The number of carbonyl (C=O) groups excluding carboxylic acids is 2. The summed E-state index contributed by atoms with van der Waals surface area (Å²) in [6, 6.07) is 3.41. The number of aryl methyl sites for hydroxylation is 1. The molecule has 0 N–H and O–H groups in total. The molecule has 0 unspecified atom stereocenters. The molecule has 0 amide bonds. The number of ether oxygens (including phenoxy) is 1. The maximum Gasteiger partial charge on any atom is 0.441 e. The summed E-state index contributed by atoms with van der Waals surface area (Å²) in [5.74, 6) is -0.923. The van der Waals surface area contributed by atoms with Crippen LogP contribution in [-0.2, 0) is 20.7 Å². The molecule has 0 fully saturated rings. The summed E-state index contributed by atoms with van der Waals surface area (Å²) in [6.45, 7) is 0. The number of esters is 1. The Hall–Kier alpha value is -2.20. The van der Waals surface area contributed by atoms with Crippen molar-refractivity contribution in [2.75, 3.05) is 7.11 Å². The van der Waals surface area contributed by atoms with Crippen molar-refractivity contribution in [2.24, 2.45) is 0 Å². The molecule has 0 aromatic carbocycles. The van der Waals surface area contributed by atoms with Gasteiger partial charge >= 0.3 is 11.7 Å². The van der Waals surface area contributed by atoms with Crippen molar-refractivity contribution in [1.29, 1.82) is 0 Å². The highest BCUT2D eigenvalue weighted by molar-refractivity contribution is 6.62. The lowest BCUT2D eigenvalue weighted by Crippen LogP contribution is -2.26. The Balaban J connectivity index is 2.58. The second kappa shape index (κ2) is 5.63. The molecule has 6 heteroatoms. The van der Waals surface area contributed by atoms with Crippen molar-refractivity contribution < 1.29 is 23.5 Å². The zero-order valence-electron chi connectivity index (χ0n) is 8.67. The first kappa shape index (κ1) is 11.9. The smallest absolute Gasteiger partial charge is 0.441 e. The van der Waals surface area contributed by atoms with Gasteiger partial charge in [-0.2, -0.15) is 4.79 Å². The molecule has 16 heavy (non-hydrogen) atoms. The van der Waals surface area contributed by atoms with Crippen molar-refractivity contribution in [1.82, 2.24) is 0 Å². The topological polar surface area (TPSA) is 92.9 Å². The number of furan rings is 1. The van der Waals surface area contributed by atoms with E-state index in [0.29, 0.717) is 12.2 Å². The van der Waals surface area contributed by atoms with Crippen LogP contribution in [0.4, 0.5) is 0 Å². The van der Waals surface area contributed by atoms with Crippen molar-refractivity contribution in [3.63, 3.8) is 0 Å². The molecular weight excluding hydrogens is 212 g/mol. The summed E-state index contributed by atoms with van der Waals surface area (Å²) in [5.41, 5.74) is 7.90. The van der Waals surface area contributed by atoms with Gasteiger partial charge in [-0.05, 0) is 12.1 Å². The summed E-state index contributed by atoms with van der Waals surface area (Å²) in [5, 5.41) is 0. The zero-order valence-corrected chi connectivity index (χ0v) is 8.67. The molecule has 1 rings (SSSR count). The number of carbonyl (C=O) groups is 2. The third kappa shape index (κ3) is 2.90. The van der Waals surface area contributed by atoms with Crippen LogP contribution in [0.15, 0.2) is 22.8 Å². The van der Waals surface area contributed by atoms with Gasteiger partial charge in [0.15, 0.2) is 0 Å². The van der Waals surface area contributed by atoms with Gasteiger partial charge in [-0.1, -0.05) is 0 Å². The number of nitrogens with zero attached hydrogens (tertiary/aromatic N) is 2. The van der Waals surface area contributed by atoms with Gasteiger partial charge in [0.2, 0.25) is 0 Å². The first-order chi connectivity index (χ1) is 7.69. The molecule has 0 aliphatic carbocycles. The summed E-state index contributed by atoms with van der Waals surface area (Å²) >= 11 is 0. The average Bonchev–Trinajstić information content (AvgIpc) is 2.79. The van der Waals surface area contributed by atoms with E-state index in [9.17, 15) is 9.59 Å². The van der Waals surface area contributed by atoms with Crippen LogP contribution in [0.2, 0.25) is 0 Å². The fourth-order valence-electron chi connectivity index (χ4n) is 1.12. The predicted octanol–water partition coefficient (Wildman–Crippen LogP) is 0.625. The Labute approximate surface area is 91.4 Å². The third-order valence-electron chi connectivity index (χ3n) is 1.92. The lowest BCUT2D eigenvalue weighted by molar-refractivity contribution is -0.139. The average molecular weight is 222 g/mol. The van der Waals surface area contributed by atoms with Gasteiger partial charge in [0, 0.05) is 12.8 Å². The normalized spacial score (nSPS) is 9.31. The highest BCUT2D eigenvalue weighted by Gasteiger charge is 2.29. The molecule has 84 valence electrons. The molecule has 0 saturated carbocycles. The van der Waals surface area contributed by atoms with Crippen LogP contribution in [0.5, 0.6) is 0 Å². The highest BCUT2D eigenvalue weighted by Crippen LogP contribution is 2.04. The summed E-state index contributed by atoms with van der Waals surface area (Å²) in [6.07, 6.45) is 1.84. The molecule has 0 bridgehead atoms. The van der Waals surface area contributed by atoms with Crippen molar-refractivity contribution in [2.45, 2.75) is 12.8 Å². The minimum absolute atomic E-state index is 0.0159. The second-order valence-corrected chi connectivity index (χ2v) is 2.94. The number of hydrogen-bond donors (Lipinski definition) is 0. The van der Waals surface area contributed by atoms with E-state index in [4.69, 9.17) is 9.95 Å². The van der Waals surface area contributed by atoms with Gasteiger partial charge < -0.3 is 14.7 Å². The SMILES string of the molecule is COC(=O)C(=[N+]=[N-])C(=O)CCc1ccco1. The number of rotatable bonds is 5. The molecular formula is C10H10N2O4. The molecule has 0 atom stereocenters. The fourth-order valence-corrected chi connectivity index (χ4v) is 1.12. The number of methoxy groups -OCH3 is 1. The fraction of sp³-hybridized carbons (Fsp3) is 0.300. The minimum Gasteiger partial charge on any atom is -0.469 e. The second-order valence-electron chi connectivity index (χ2n) is 2.94. The van der Waals surface area contributed by atoms with E-state index >= 15 is 0 Å². The highest BCUT2D eigenvalue weighted by atomic mass is 16.5. The van der Waals surface area contributed by atoms with Crippen LogP contribution in [0.3, 0.4) is 0 Å². The molecule has 0 spiro atoms. The first-order valence-electron chi connectivity index (χ1n) is 4.55. The van der Waals surface area contributed by atoms with Gasteiger partial charge in [0.1, 0.15) is 5.76 Å². The van der Waals surface area contributed by atoms with Gasteiger partial charge in [-0.3, -0.25) is 4.79 Å². The van der Waals surface area contributed by atoms with Crippen LogP contribution < -0.4 is 0 Å². The zero-order chi connectivity index (χ0) is 12.0. The largest absolute Gasteiger partial charge is 0.469 e. The molecule has 6 nitrogen and oxygen atoms in total. The molecule has 0 radical (unpaired) electrons. The van der Waals surface area contributed by atoms with E-state index in [2.05, 4.69) is 9.53 Å². The summed E-state index contributed by atoms with van der Waals surface area (Å²) < 4.78 is 9.30. The van der Waals surface area contributed by atoms with E-state index < -0.39 is 17.5 Å². The molecule has 1 aromatic heterocycles. The summed E-state index contributed by atoms with van der Waals surface area (Å²) in [4.78, 5) is 25.0. The molecule has 0 aliphatic heterocycles. The summed E-state index contributed by atoms with van der Waals surface area (Å²) in [7, 11) is 1.10. The quantitative estimate of drug-likeness (QED) is 0.240. The van der Waals surface area contributed by atoms with Crippen LogP contribution in [0, 0.1) is 0 Å². The van der Waals surface area contributed by atoms with Crippen LogP contribution in [-0.4, -0.2) is 29.4 Å². The molecule has 0 aliphatic rings. The van der Waals surface area contributed by atoms with E-state index in [-0.39, 0.29) is 6.42 Å². The maximum atomic E-state index is 11.4. The third-order valence-corrected chi connectivity index (χ3v) is 1.92. The Bertz CT molecular complexity index is 430.